The summed E-state index contributed by atoms with van der Waals surface area (Å²) in [6.45, 7) is 4.27. The summed E-state index contributed by atoms with van der Waals surface area (Å²) in [6, 6.07) is 0. The highest BCUT2D eigenvalue weighted by Crippen LogP contribution is 2.06. The zero-order chi connectivity index (χ0) is 7.40. The summed E-state index contributed by atoms with van der Waals surface area (Å²) in [5.74, 6) is 0. The van der Waals surface area contributed by atoms with Gasteiger partial charge in [0.05, 0.1) is 0 Å². The average Bonchev–Trinajstić information content (AvgIpc) is 2.13. The minimum atomic E-state index is 1.03. The molecule has 1 rings (SSSR count). The van der Waals surface area contributed by atoms with Gasteiger partial charge in [-0.1, -0.05) is 18.6 Å². The minimum absolute atomic E-state index is 1.03. The number of hydrogen-bond donors (Lipinski definition) is 0. The van der Waals surface area contributed by atoms with Crippen LogP contribution in [0.5, 0.6) is 0 Å². The van der Waals surface area contributed by atoms with Gasteiger partial charge < -0.3 is 0 Å². The van der Waals surface area contributed by atoms with E-state index in [1.807, 2.05) is 6.20 Å². The van der Waals surface area contributed by atoms with E-state index in [1.54, 1.807) is 0 Å². The monoisotopic (exact) mass is 135 g/mol. The Hall–Kier alpha value is -0.850. The van der Waals surface area contributed by atoms with Gasteiger partial charge in [-0.15, -0.1) is 0 Å². The lowest BCUT2D eigenvalue weighted by molar-refractivity contribution is 1.21. The van der Waals surface area contributed by atoms with Crippen molar-refractivity contribution in [3.63, 3.8) is 0 Å². The zero-order valence-corrected chi connectivity index (χ0v) is 6.59. The van der Waals surface area contributed by atoms with Crippen LogP contribution in [0.15, 0.2) is 28.9 Å². The number of rotatable bonds is 1. The predicted molar refractivity (Wildman–Crippen MR) is 45.2 cm³/mol. The molecule has 0 aliphatic carbocycles. The molecule has 0 unspecified atom stereocenters. The summed E-state index contributed by atoms with van der Waals surface area (Å²) >= 11 is 0. The van der Waals surface area contributed by atoms with E-state index in [4.69, 9.17) is 0 Å². The van der Waals surface area contributed by atoms with Crippen molar-refractivity contribution in [1.29, 1.82) is 0 Å². The van der Waals surface area contributed by atoms with Gasteiger partial charge in [0.1, 0.15) is 0 Å². The maximum atomic E-state index is 4.25. The van der Waals surface area contributed by atoms with Crippen molar-refractivity contribution < 1.29 is 0 Å². The summed E-state index contributed by atoms with van der Waals surface area (Å²) < 4.78 is 0. The van der Waals surface area contributed by atoms with Gasteiger partial charge in [0, 0.05) is 11.9 Å². The third-order valence-electron chi connectivity index (χ3n) is 1.56. The van der Waals surface area contributed by atoms with Crippen molar-refractivity contribution in [3.05, 3.63) is 23.9 Å². The molecule has 0 fully saturated rings. The number of hydrogen-bond acceptors (Lipinski definition) is 1. The Bertz CT molecular complexity index is 194. The van der Waals surface area contributed by atoms with E-state index < -0.39 is 0 Å². The second-order valence-electron chi connectivity index (χ2n) is 2.55. The maximum absolute atomic E-state index is 4.25. The Morgan fingerprint density at radius 1 is 1.60 bits per heavy atom. The van der Waals surface area contributed by atoms with Crippen LogP contribution in [-0.4, -0.2) is 5.71 Å². The van der Waals surface area contributed by atoms with Crippen molar-refractivity contribution >= 4 is 5.71 Å². The SMILES string of the molecule is CCC1=NC=CCC(C)=C1. The quantitative estimate of drug-likeness (QED) is 0.524. The molecule has 0 aromatic heterocycles. The van der Waals surface area contributed by atoms with Crippen molar-refractivity contribution in [2.75, 3.05) is 0 Å². The second-order valence-corrected chi connectivity index (χ2v) is 2.55. The Morgan fingerprint density at radius 2 is 2.40 bits per heavy atom. The van der Waals surface area contributed by atoms with Crippen LogP contribution in [-0.2, 0) is 0 Å². The van der Waals surface area contributed by atoms with Gasteiger partial charge in [-0.2, -0.15) is 0 Å². The van der Waals surface area contributed by atoms with Crippen LogP contribution in [0.25, 0.3) is 0 Å². The van der Waals surface area contributed by atoms with Crippen molar-refractivity contribution in [2.45, 2.75) is 26.7 Å². The van der Waals surface area contributed by atoms with Crippen molar-refractivity contribution in [1.82, 2.24) is 0 Å². The standard InChI is InChI=1S/C9H13N/c1-3-9-7-8(2)5-4-6-10-9/h4,6-7H,3,5H2,1-2H3. The molecule has 54 valence electrons. The number of nitrogens with zero attached hydrogens (tertiary/aromatic N) is 1. The zero-order valence-electron chi connectivity index (χ0n) is 6.59. The molecule has 10 heavy (non-hydrogen) atoms. The largest absolute Gasteiger partial charge is 0.262 e. The summed E-state index contributed by atoms with van der Waals surface area (Å²) in [4.78, 5) is 4.25. The van der Waals surface area contributed by atoms with Gasteiger partial charge in [0.25, 0.3) is 0 Å². The molecular formula is C9H13N. The molecular weight excluding hydrogens is 122 g/mol. The topological polar surface area (TPSA) is 12.4 Å². The van der Waals surface area contributed by atoms with Gasteiger partial charge in [0.15, 0.2) is 0 Å². The van der Waals surface area contributed by atoms with Crippen LogP contribution < -0.4 is 0 Å². The van der Waals surface area contributed by atoms with Gasteiger partial charge >= 0.3 is 0 Å². The smallest absolute Gasteiger partial charge is 0.0400 e. The van der Waals surface area contributed by atoms with Crippen molar-refractivity contribution in [2.24, 2.45) is 4.99 Å². The first-order valence-corrected chi connectivity index (χ1v) is 3.71. The third-order valence-corrected chi connectivity index (χ3v) is 1.56. The summed E-state index contributed by atoms with van der Waals surface area (Å²) in [7, 11) is 0. The molecule has 1 heteroatoms. The minimum Gasteiger partial charge on any atom is -0.262 e. The van der Waals surface area contributed by atoms with Gasteiger partial charge in [-0.25, -0.2) is 0 Å². The fourth-order valence-corrected chi connectivity index (χ4v) is 0.961. The lowest BCUT2D eigenvalue weighted by Crippen LogP contribution is -1.89. The third kappa shape index (κ3) is 1.83. The van der Waals surface area contributed by atoms with Crippen LogP contribution in [0.4, 0.5) is 0 Å². The molecule has 1 aliphatic heterocycles. The highest BCUT2D eigenvalue weighted by atomic mass is 14.7. The fourth-order valence-electron chi connectivity index (χ4n) is 0.961. The maximum Gasteiger partial charge on any atom is 0.0400 e. The Balaban J connectivity index is 2.78. The molecule has 0 saturated heterocycles. The molecule has 0 N–H and O–H groups in total. The molecule has 0 spiro atoms. The highest BCUT2D eigenvalue weighted by molar-refractivity contribution is 5.95. The summed E-state index contributed by atoms with van der Waals surface area (Å²) in [5, 5.41) is 0. The lowest BCUT2D eigenvalue weighted by Gasteiger charge is -1.93. The number of aliphatic imine (C=N–C) groups is 1. The summed E-state index contributed by atoms with van der Waals surface area (Å²) in [5.41, 5.74) is 2.58. The Morgan fingerprint density at radius 3 is 3.10 bits per heavy atom. The van der Waals surface area contributed by atoms with Gasteiger partial charge in [0.2, 0.25) is 0 Å². The fraction of sp³-hybridized carbons (Fsp3) is 0.444. The first-order valence-electron chi connectivity index (χ1n) is 3.71. The van der Waals surface area contributed by atoms with E-state index in [9.17, 15) is 0 Å². The molecule has 0 amide bonds. The van der Waals surface area contributed by atoms with Crippen molar-refractivity contribution in [3.8, 4) is 0 Å². The van der Waals surface area contributed by atoms with Crippen LogP contribution in [0.1, 0.15) is 26.7 Å². The van der Waals surface area contributed by atoms with Crippen LogP contribution in [0.3, 0.4) is 0 Å². The van der Waals surface area contributed by atoms with E-state index in [0.717, 1.165) is 12.8 Å². The normalized spacial score (nSPS) is 17.8. The highest BCUT2D eigenvalue weighted by Gasteiger charge is 1.94. The van der Waals surface area contributed by atoms with E-state index in [2.05, 4.69) is 31.0 Å². The van der Waals surface area contributed by atoms with Crippen LogP contribution in [0.2, 0.25) is 0 Å². The average molecular weight is 135 g/mol. The second kappa shape index (κ2) is 3.35. The molecule has 0 bridgehead atoms. The Kier molecular flexibility index (Phi) is 2.43. The van der Waals surface area contributed by atoms with E-state index in [1.165, 1.54) is 11.3 Å². The first kappa shape index (κ1) is 7.26. The van der Waals surface area contributed by atoms with E-state index >= 15 is 0 Å². The predicted octanol–water partition coefficient (Wildman–Crippen LogP) is 2.70. The van der Waals surface area contributed by atoms with Gasteiger partial charge in [-0.05, 0) is 25.8 Å². The van der Waals surface area contributed by atoms with Crippen LogP contribution in [0, 0.1) is 0 Å². The molecule has 1 nitrogen and oxygen atoms in total. The van der Waals surface area contributed by atoms with Crippen LogP contribution >= 0.6 is 0 Å². The number of allylic oxidation sites excluding steroid dienone is 3. The molecule has 0 radical (unpaired) electrons. The molecule has 0 atom stereocenters. The molecule has 0 aromatic carbocycles. The van der Waals surface area contributed by atoms with E-state index in [0.29, 0.717) is 0 Å². The molecule has 0 aromatic rings. The first-order chi connectivity index (χ1) is 4.83. The van der Waals surface area contributed by atoms with E-state index in [-0.39, 0.29) is 0 Å². The lowest BCUT2D eigenvalue weighted by atomic mass is 10.1. The molecule has 1 aliphatic rings. The molecule has 0 saturated carbocycles. The van der Waals surface area contributed by atoms with Gasteiger partial charge in [-0.3, -0.25) is 4.99 Å². The Labute approximate surface area is 62.2 Å². The molecule has 1 heterocycles. The summed E-state index contributed by atoms with van der Waals surface area (Å²) in [6.07, 6.45) is 8.23.